The molecule has 32 heavy (non-hydrogen) atoms. The van der Waals surface area contributed by atoms with Gasteiger partial charge in [-0.15, -0.1) is 0 Å². The van der Waals surface area contributed by atoms with Crippen molar-refractivity contribution in [1.82, 2.24) is 14.5 Å². The maximum absolute atomic E-state index is 13.1. The van der Waals surface area contributed by atoms with Crippen LogP contribution in [0.1, 0.15) is 42.4 Å². The zero-order valence-corrected chi connectivity index (χ0v) is 18.0. The van der Waals surface area contributed by atoms with Gasteiger partial charge in [0, 0.05) is 25.5 Å². The van der Waals surface area contributed by atoms with Crippen LogP contribution in [-0.2, 0) is 11.3 Å². The molecule has 1 aromatic carbocycles. The van der Waals surface area contributed by atoms with Gasteiger partial charge in [-0.2, -0.15) is 0 Å². The maximum Gasteiger partial charge on any atom is 0.290 e. The number of aliphatic hydroxyl groups is 1. The number of hydrogen-bond acceptors (Lipinski definition) is 6. The van der Waals surface area contributed by atoms with Crippen molar-refractivity contribution in [3.8, 4) is 5.75 Å². The number of furan rings is 1. The highest BCUT2D eigenvalue weighted by Gasteiger charge is 2.44. The van der Waals surface area contributed by atoms with Gasteiger partial charge in [0.15, 0.2) is 11.5 Å². The SMILES string of the molecule is CC(C)Oc1ccc(C2C(C(=O)c3ccco3)=C(O)C(=O)N2CCCn2ccnc2)cc1. The Morgan fingerprint density at radius 3 is 2.62 bits per heavy atom. The summed E-state index contributed by atoms with van der Waals surface area (Å²) in [5.41, 5.74) is 0.723. The van der Waals surface area contributed by atoms with Crippen LogP contribution in [0.15, 0.2) is 77.1 Å². The van der Waals surface area contributed by atoms with Crippen LogP contribution in [-0.4, -0.2) is 43.9 Å². The van der Waals surface area contributed by atoms with Gasteiger partial charge in [0.05, 0.1) is 30.3 Å². The molecule has 4 rings (SSSR count). The van der Waals surface area contributed by atoms with Crippen LogP contribution in [0.3, 0.4) is 0 Å². The van der Waals surface area contributed by atoms with Crippen LogP contribution in [0.4, 0.5) is 0 Å². The van der Waals surface area contributed by atoms with Gasteiger partial charge >= 0.3 is 0 Å². The van der Waals surface area contributed by atoms with Crippen molar-refractivity contribution in [3.05, 3.63) is 84.0 Å². The topological polar surface area (TPSA) is 97.8 Å². The van der Waals surface area contributed by atoms with Crippen LogP contribution < -0.4 is 4.74 Å². The molecule has 3 heterocycles. The number of ketones is 1. The van der Waals surface area contributed by atoms with Crippen LogP contribution in [0.5, 0.6) is 5.75 Å². The second kappa shape index (κ2) is 9.13. The molecule has 1 aliphatic rings. The highest BCUT2D eigenvalue weighted by Crippen LogP contribution is 2.39. The number of aromatic nitrogens is 2. The molecular weight excluding hydrogens is 410 g/mol. The first-order valence-corrected chi connectivity index (χ1v) is 10.5. The number of aliphatic hydroxyl groups excluding tert-OH is 1. The van der Waals surface area contributed by atoms with E-state index in [4.69, 9.17) is 9.15 Å². The highest BCUT2D eigenvalue weighted by atomic mass is 16.5. The number of imidazole rings is 1. The van der Waals surface area contributed by atoms with E-state index in [-0.39, 0.29) is 17.4 Å². The minimum atomic E-state index is -0.726. The summed E-state index contributed by atoms with van der Waals surface area (Å²) in [5.74, 6) is -0.860. The number of Topliss-reactive ketones (excluding diaryl/α,β-unsaturated/α-hetero) is 1. The van der Waals surface area contributed by atoms with E-state index in [1.807, 2.05) is 36.7 Å². The van der Waals surface area contributed by atoms with E-state index in [1.54, 1.807) is 30.7 Å². The van der Waals surface area contributed by atoms with Crippen molar-refractivity contribution in [2.24, 2.45) is 0 Å². The van der Waals surface area contributed by atoms with Gasteiger partial charge in [0.2, 0.25) is 5.78 Å². The Labute approximate surface area is 185 Å². The van der Waals surface area contributed by atoms with E-state index in [0.29, 0.717) is 30.8 Å². The molecule has 0 saturated heterocycles. The number of ether oxygens (including phenoxy) is 1. The monoisotopic (exact) mass is 435 g/mol. The minimum absolute atomic E-state index is 0.0186. The molecular formula is C24H25N3O5. The summed E-state index contributed by atoms with van der Waals surface area (Å²) in [5, 5.41) is 10.7. The van der Waals surface area contributed by atoms with E-state index in [1.165, 1.54) is 17.2 Å². The average Bonchev–Trinajstić information content (AvgIpc) is 3.52. The Morgan fingerprint density at radius 2 is 2.00 bits per heavy atom. The molecule has 8 nitrogen and oxygen atoms in total. The van der Waals surface area contributed by atoms with Gasteiger partial charge in [0.25, 0.3) is 5.91 Å². The number of amides is 1. The zero-order chi connectivity index (χ0) is 22.7. The van der Waals surface area contributed by atoms with Crippen LogP contribution in [0.2, 0.25) is 0 Å². The molecule has 166 valence electrons. The number of rotatable bonds is 9. The van der Waals surface area contributed by atoms with Crippen molar-refractivity contribution in [3.63, 3.8) is 0 Å². The Balaban J connectivity index is 1.64. The Morgan fingerprint density at radius 1 is 1.22 bits per heavy atom. The molecule has 0 fully saturated rings. The standard InChI is InChI=1S/C24H25N3O5/c1-16(2)32-18-8-6-17(7-9-18)21-20(22(28)19-5-3-14-31-19)23(29)24(30)27(21)12-4-11-26-13-10-25-15-26/h3,5-10,13-16,21,29H,4,11-12H2,1-2H3. The largest absolute Gasteiger partial charge is 0.503 e. The van der Waals surface area contributed by atoms with Crippen molar-refractivity contribution in [2.45, 2.75) is 39.0 Å². The van der Waals surface area contributed by atoms with Gasteiger partial charge in [-0.25, -0.2) is 4.98 Å². The molecule has 3 aromatic rings. The number of carbonyl (C=O) groups excluding carboxylic acids is 2. The molecule has 1 N–H and O–H groups in total. The zero-order valence-electron chi connectivity index (χ0n) is 18.0. The highest BCUT2D eigenvalue weighted by molar-refractivity contribution is 6.15. The number of carbonyl (C=O) groups is 2. The van der Waals surface area contributed by atoms with Crippen molar-refractivity contribution in [2.75, 3.05) is 6.54 Å². The Kier molecular flexibility index (Phi) is 6.11. The summed E-state index contributed by atoms with van der Waals surface area (Å²) in [6.45, 7) is 4.88. The van der Waals surface area contributed by atoms with Gasteiger partial charge in [-0.1, -0.05) is 12.1 Å². The third kappa shape index (κ3) is 4.30. The molecule has 1 aliphatic heterocycles. The molecule has 8 heteroatoms. The third-order valence-corrected chi connectivity index (χ3v) is 5.24. The summed E-state index contributed by atoms with van der Waals surface area (Å²) in [7, 11) is 0. The first kappa shape index (κ1) is 21.4. The fourth-order valence-corrected chi connectivity index (χ4v) is 3.85. The number of aryl methyl sites for hydroxylation is 1. The summed E-state index contributed by atoms with van der Waals surface area (Å²) >= 11 is 0. The van der Waals surface area contributed by atoms with Gasteiger partial charge in [-0.3, -0.25) is 9.59 Å². The van der Waals surface area contributed by atoms with Crippen LogP contribution in [0, 0.1) is 0 Å². The lowest BCUT2D eigenvalue weighted by atomic mass is 9.95. The van der Waals surface area contributed by atoms with E-state index < -0.39 is 23.5 Å². The minimum Gasteiger partial charge on any atom is -0.503 e. The third-order valence-electron chi connectivity index (χ3n) is 5.24. The van der Waals surface area contributed by atoms with Crippen molar-refractivity contribution < 1.29 is 23.8 Å². The predicted octanol–water partition coefficient (Wildman–Crippen LogP) is 3.93. The Bertz CT molecular complexity index is 1100. The second-order valence-electron chi connectivity index (χ2n) is 7.86. The Hall–Kier alpha value is -3.81. The maximum atomic E-state index is 13.1. The summed E-state index contributed by atoms with van der Waals surface area (Å²) < 4.78 is 12.9. The molecule has 0 spiro atoms. The van der Waals surface area contributed by atoms with Crippen molar-refractivity contribution >= 4 is 11.7 Å². The molecule has 1 atom stereocenters. The summed E-state index contributed by atoms with van der Waals surface area (Å²) in [4.78, 5) is 31.7. The average molecular weight is 435 g/mol. The van der Waals surface area contributed by atoms with Gasteiger partial charge < -0.3 is 23.7 Å². The normalized spacial score (nSPS) is 16.3. The van der Waals surface area contributed by atoms with Crippen LogP contribution >= 0.6 is 0 Å². The molecule has 2 aromatic heterocycles. The lowest BCUT2D eigenvalue weighted by Crippen LogP contribution is -2.32. The molecule has 0 bridgehead atoms. The summed E-state index contributed by atoms with van der Waals surface area (Å²) in [6.07, 6.45) is 7.28. The lowest BCUT2D eigenvalue weighted by molar-refractivity contribution is -0.129. The van der Waals surface area contributed by atoms with Crippen LogP contribution in [0.25, 0.3) is 0 Å². The molecule has 1 amide bonds. The quantitative estimate of drug-likeness (QED) is 0.512. The van der Waals surface area contributed by atoms with E-state index in [0.717, 1.165) is 0 Å². The second-order valence-corrected chi connectivity index (χ2v) is 7.86. The number of benzene rings is 1. The summed E-state index contributed by atoms with van der Waals surface area (Å²) in [6, 6.07) is 9.61. The van der Waals surface area contributed by atoms with Gasteiger partial charge in [0.1, 0.15) is 5.75 Å². The molecule has 0 radical (unpaired) electrons. The fourth-order valence-electron chi connectivity index (χ4n) is 3.85. The van der Waals surface area contributed by atoms with Crippen molar-refractivity contribution in [1.29, 1.82) is 0 Å². The predicted molar refractivity (Wildman–Crippen MR) is 116 cm³/mol. The number of nitrogens with zero attached hydrogens (tertiary/aromatic N) is 3. The van der Waals surface area contributed by atoms with E-state index in [9.17, 15) is 14.7 Å². The van der Waals surface area contributed by atoms with E-state index >= 15 is 0 Å². The first-order valence-electron chi connectivity index (χ1n) is 10.5. The fraction of sp³-hybridized carbons (Fsp3) is 0.292. The van der Waals surface area contributed by atoms with Gasteiger partial charge in [-0.05, 0) is 50.1 Å². The molecule has 0 saturated carbocycles. The number of hydrogen-bond donors (Lipinski definition) is 1. The van der Waals surface area contributed by atoms with E-state index in [2.05, 4.69) is 4.98 Å². The first-order chi connectivity index (χ1) is 15.5. The molecule has 0 aliphatic carbocycles. The smallest absolute Gasteiger partial charge is 0.290 e. The molecule has 1 unspecified atom stereocenters. The lowest BCUT2D eigenvalue weighted by Gasteiger charge is -2.27.